The average molecular weight is 247 g/mol. The highest BCUT2D eigenvalue weighted by Gasteiger charge is 2.49. The average Bonchev–Trinajstić information content (AvgIpc) is 2.24. The summed E-state index contributed by atoms with van der Waals surface area (Å²) in [5.41, 5.74) is 8.13. The number of aromatic nitrogens is 1. The van der Waals surface area contributed by atoms with Crippen LogP contribution >= 0.6 is 0 Å². The molecule has 2 aliphatic heterocycles. The molecule has 0 saturated carbocycles. The van der Waals surface area contributed by atoms with Gasteiger partial charge in [0.25, 0.3) is 0 Å². The van der Waals surface area contributed by atoms with Crippen LogP contribution in [-0.2, 0) is 4.74 Å². The van der Waals surface area contributed by atoms with Crippen molar-refractivity contribution in [3.63, 3.8) is 0 Å². The standard InChI is InChI=1S/C13H17N3O2/c1-2-11(17)12-10(14)3-9(4-15-12)16-5-13(6-16)7-18-8-13/h3-4H,2,5-8,14H2,1H3. The van der Waals surface area contributed by atoms with Crippen LogP contribution in [0.3, 0.4) is 0 Å². The van der Waals surface area contributed by atoms with Crippen molar-refractivity contribution in [2.75, 3.05) is 36.9 Å². The Bertz CT molecular complexity index is 489. The molecule has 1 aromatic heterocycles. The second kappa shape index (κ2) is 3.95. The SMILES string of the molecule is CCC(=O)c1ncc(N2CC3(COC3)C2)cc1N. The fourth-order valence-corrected chi connectivity index (χ4v) is 2.56. The Morgan fingerprint density at radius 1 is 1.56 bits per heavy atom. The fourth-order valence-electron chi connectivity index (χ4n) is 2.56. The first kappa shape index (κ1) is 11.5. The molecule has 0 aromatic carbocycles. The number of hydrogen-bond acceptors (Lipinski definition) is 5. The molecule has 0 atom stereocenters. The summed E-state index contributed by atoms with van der Waals surface area (Å²) < 4.78 is 5.24. The van der Waals surface area contributed by atoms with Crippen LogP contribution < -0.4 is 10.6 Å². The highest BCUT2D eigenvalue weighted by Crippen LogP contribution is 2.40. The first-order valence-corrected chi connectivity index (χ1v) is 6.25. The van der Waals surface area contributed by atoms with Gasteiger partial charge >= 0.3 is 0 Å². The maximum Gasteiger partial charge on any atom is 0.183 e. The Labute approximate surface area is 106 Å². The third-order valence-electron chi connectivity index (χ3n) is 3.72. The van der Waals surface area contributed by atoms with Crippen molar-refractivity contribution >= 4 is 17.2 Å². The molecule has 0 bridgehead atoms. The van der Waals surface area contributed by atoms with Crippen molar-refractivity contribution in [1.82, 2.24) is 4.98 Å². The smallest absolute Gasteiger partial charge is 0.183 e. The van der Waals surface area contributed by atoms with Gasteiger partial charge in [0.2, 0.25) is 0 Å². The van der Waals surface area contributed by atoms with E-state index in [9.17, 15) is 4.79 Å². The number of anilines is 2. The minimum atomic E-state index is -0.00785. The molecule has 5 heteroatoms. The molecule has 96 valence electrons. The summed E-state index contributed by atoms with van der Waals surface area (Å²) in [6.45, 7) is 5.52. The summed E-state index contributed by atoms with van der Waals surface area (Å²) in [6.07, 6.45) is 2.17. The summed E-state index contributed by atoms with van der Waals surface area (Å²) in [5.74, 6) is -0.00785. The summed E-state index contributed by atoms with van der Waals surface area (Å²) in [6, 6.07) is 1.85. The van der Waals surface area contributed by atoms with Crippen LogP contribution in [0.1, 0.15) is 23.8 Å². The summed E-state index contributed by atoms with van der Waals surface area (Å²) in [4.78, 5) is 18.0. The predicted molar refractivity (Wildman–Crippen MR) is 68.7 cm³/mol. The summed E-state index contributed by atoms with van der Waals surface area (Å²) in [5, 5.41) is 0. The van der Waals surface area contributed by atoms with Gasteiger partial charge in [0.1, 0.15) is 5.69 Å². The minimum Gasteiger partial charge on any atom is -0.397 e. The van der Waals surface area contributed by atoms with Crippen LogP contribution in [-0.4, -0.2) is 37.1 Å². The molecule has 1 aromatic rings. The Balaban J connectivity index is 1.75. The predicted octanol–water partition coefficient (Wildman–Crippen LogP) is 1.09. The number of nitrogens with two attached hydrogens (primary N) is 1. The van der Waals surface area contributed by atoms with Gasteiger partial charge in [0.15, 0.2) is 5.78 Å². The first-order valence-electron chi connectivity index (χ1n) is 6.25. The van der Waals surface area contributed by atoms with E-state index < -0.39 is 0 Å². The van der Waals surface area contributed by atoms with Crippen LogP contribution in [0, 0.1) is 5.41 Å². The van der Waals surface area contributed by atoms with E-state index in [0.29, 0.717) is 23.2 Å². The summed E-state index contributed by atoms with van der Waals surface area (Å²) in [7, 11) is 0. The molecule has 3 heterocycles. The van der Waals surface area contributed by atoms with Gasteiger partial charge in [-0.25, -0.2) is 4.98 Å². The molecule has 1 spiro atoms. The molecule has 5 nitrogen and oxygen atoms in total. The fraction of sp³-hybridized carbons (Fsp3) is 0.538. The number of pyridine rings is 1. The highest BCUT2D eigenvalue weighted by atomic mass is 16.5. The lowest BCUT2D eigenvalue weighted by Gasteiger charge is -2.55. The van der Waals surface area contributed by atoms with Gasteiger partial charge in [-0.2, -0.15) is 0 Å². The van der Waals surface area contributed by atoms with Crippen molar-refractivity contribution < 1.29 is 9.53 Å². The number of carbonyl (C=O) groups is 1. The van der Waals surface area contributed by atoms with E-state index in [1.165, 1.54) is 0 Å². The number of hydrogen-bond donors (Lipinski definition) is 1. The lowest BCUT2D eigenvalue weighted by molar-refractivity contribution is -0.127. The topological polar surface area (TPSA) is 68.5 Å². The number of nitrogen functional groups attached to an aromatic ring is 1. The number of nitrogens with zero attached hydrogens (tertiary/aromatic N) is 2. The number of ether oxygens (including phenoxy) is 1. The molecule has 2 N–H and O–H groups in total. The number of rotatable bonds is 3. The number of carbonyl (C=O) groups excluding carboxylic acids is 1. The Hall–Kier alpha value is -1.62. The number of Topliss-reactive ketones (excluding diaryl/α,β-unsaturated/α-hetero) is 1. The Kier molecular flexibility index (Phi) is 2.52. The van der Waals surface area contributed by atoms with E-state index >= 15 is 0 Å². The van der Waals surface area contributed by atoms with Crippen LogP contribution in [0.15, 0.2) is 12.3 Å². The van der Waals surface area contributed by atoms with Crippen LogP contribution in [0.5, 0.6) is 0 Å². The van der Waals surface area contributed by atoms with E-state index in [4.69, 9.17) is 10.5 Å². The zero-order chi connectivity index (χ0) is 12.8. The van der Waals surface area contributed by atoms with E-state index in [0.717, 1.165) is 32.0 Å². The molecule has 0 aliphatic carbocycles. The van der Waals surface area contributed by atoms with Gasteiger partial charge in [-0.15, -0.1) is 0 Å². The molecular formula is C13H17N3O2. The third kappa shape index (κ3) is 1.66. The highest BCUT2D eigenvalue weighted by molar-refractivity contribution is 5.99. The molecule has 3 rings (SSSR count). The van der Waals surface area contributed by atoms with Gasteiger partial charge in [-0.05, 0) is 6.07 Å². The van der Waals surface area contributed by atoms with Gasteiger partial charge in [0, 0.05) is 19.5 Å². The largest absolute Gasteiger partial charge is 0.397 e. The van der Waals surface area contributed by atoms with E-state index in [1.54, 1.807) is 6.20 Å². The molecule has 18 heavy (non-hydrogen) atoms. The van der Waals surface area contributed by atoms with Gasteiger partial charge in [0.05, 0.1) is 36.2 Å². The molecule has 0 radical (unpaired) electrons. The van der Waals surface area contributed by atoms with E-state index in [-0.39, 0.29) is 5.78 Å². The van der Waals surface area contributed by atoms with E-state index in [2.05, 4.69) is 9.88 Å². The maximum absolute atomic E-state index is 11.6. The third-order valence-corrected chi connectivity index (χ3v) is 3.72. The lowest BCUT2D eigenvalue weighted by Crippen LogP contribution is -2.66. The van der Waals surface area contributed by atoms with Crippen molar-refractivity contribution in [3.05, 3.63) is 18.0 Å². The molecule has 2 aliphatic rings. The van der Waals surface area contributed by atoms with Crippen LogP contribution in [0.25, 0.3) is 0 Å². The minimum absolute atomic E-state index is 0.00785. The second-order valence-electron chi connectivity index (χ2n) is 5.26. The zero-order valence-corrected chi connectivity index (χ0v) is 10.5. The monoisotopic (exact) mass is 247 g/mol. The Morgan fingerprint density at radius 2 is 2.28 bits per heavy atom. The number of ketones is 1. The quantitative estimate of drug-likeness (QED) is 0.810. The summed E-state index contributed by atoms with van der Waals surface area (Å²) >= 11 is 0. The van der Waals surface area contributed by atoms with Gasteiger partial charge in [-0.3, -0.25) is 4.79 Å². The molecular weight excluding hydrogens is 230 g/mol. The van der Waals surface area contributed by atoms with Crippen molar-refractivity contribution in [2.45, 2.75) is 13.3 Å². The molecule has 2 fully saturated rings. The Morgan fingerprint density at radius 3 is 2.78 bits per heavy atom. The van der Waals surface area contributed by atoms with Crippen molar-refractivity contribution in [3.8, 4) is 0 Å². The van der Waals surface area contributed by atoms with Gasteiger partial charge in [-0.1, -0.05) is 6.92 Å². The second-order valence-corrected chi connectivity index (χ2v) is 5.26. The van der Waals surface area contributed by atoms with Gasteiger partial charge < -0.3 is 15.4 Å². The molecule has 0 amide bonds. The normalized spacial score (nSPS) is 20.4. The van der Waals surface area contributed by atoms with Crippen molar-refractivity contribution in [2.24, 2.45) is 5.41 Å². The van der Waals surface area contributed by atoms with Crippen LogP contribution in [0.4, 0.5) is 11.4 Å². The zero-order valence-electron chi connectivity index (χ0n) is 10.5. The first-order chi connectivity index (χ1) is 8.63. The van der Waals surface area contributed by atoms with Crippen molar-refractivity contribution in [1.29, 1.82) is 0 Å². The molecule has 0 unspecified atom stereocenters. The van der Waals surface area contributed by atoms with Crippen LogP contribution in [0.2, 0.25) is 0 Å². The van der Waals surface area contributed by atoms with E-state index in [1.807, 2.05) is 13.0 Å². The molecule has 2 saturated heterocycles. The lowest BCUT2D eigenvalue weighted by atomic mass is 9.78. The maximum atomic E-state index is 11.6.